The van der Waals surface area contributed by atoms with E-state index in [1.54, 1.807) is 0 Å². The lowest BCUT2D eigenvalue weighted by molar-refractivity contribution is 0.184. The summed E-state index contributed by atoms with van der Waals surface area (Å²) in [5.74, 6) is 0.911. The first kappa shape index (κ1) is 9.83. The molecule has 0 bridgehead atoms. The monoisotopic (exact) mass is 166 g/mol. The molecular formula is C12H22. The van der Waals surface area contributed by atoms with E-state index in [9.17, 15) is 0 Å². The topological polar surface area (TPSA) is 0 Å². The maximum Gasteiger partial charge on any atom is -0.0124 e. The van der Waals surface area contributed by atoms with Crippen LogP contribution in [0.15, 0.2) is 12.7 Å². The number of hydrogen-bond acceptors (Lipinski definition) is 0. The lowest BCUT2D eigenvalue weighted by atomic mass is 9.68. The largest absolute Gasteiger partial charge is 0.103 e. The molecule has 12 heavy (non-hydrogen) atoms. The molecule has 0 nitrogen and oxygen atoms in total. The smallest absolute Gasteiger partial charge is 0.0124 e. The van der Waals surface area contributed by atoms with Crippen molar-refractivity contribution in [3.8, 4) is 0 Å². The van der Waals surface area contributed by atoms with Crippen LogP contribution in [0.3, 0.4) is 0 Å². The summed E-state index contributed by atoms with van der Waals surface area (Å²) < 4.78 is 0. The third-order valence-corrected chi connectivity index (χ3v) is 3.77. The van der Waals surface area contributed by atoms with Gasteiger partial charge in [-0.3, -0.25) is 0 Å². The minimum Gasteiger partial charge on any atom is -0.103 e. The van der Waals surface area contributed by atoms with Crippen molar-refractivity contribution in [2.75, 3.05) is 0 Å². The minimum absolute atomic E-state index is 0.417. The molecule has 0 aromatic rings. The Bertz CT molecular complexity index is 142. The summed E-state index contributed by atoms with van der Waals surface area (Å²) >= 11 is 0. The fraction of sp³-hybridized carbons (Fsp3) is 0.833. The molecule has 1 aliphatic rings. The lowest BCUT2D eigenvalue weighted by Crippen LogP contribution is -2.26. The average molecular weight is 166 g/mol. The van der Waals surface area contributed by atoms with Crippen LogP contribution in [0.1, 0.15) is 52.4 Å². The maximum absolute atomic E-state index is 3.98. The van der Waals surface area contributed by atoms with Gasteiger partial charge in [0.15, 0.2) is 0 Å². The molecule has 0 aromatic carbocycles. The van der Waals surface area contributed by atoms with Gasteiger partial charge in [-0.25, -0.2) is 0 Å². The van der Waals surface area contributed by atoms with E-state index in [1.165, 1.54) is 38.5 Å². The van der Waals surface area contributed by atoms with E-state index in [0.29, 0.717) is 5.41 Å². The van der Waals surface area contributed by atoms with E-state index in [-0.39, 0.29) is 0 Å². The Kier molecular flexibility index (Phi) is 3.37. The average Bonchev–Trinajstić information content (AvgIpc) is 2.18. The van der Waals surface area contributed by atoms with Crippen LogP contribution in [-0.2, 0) is 0 Å². The van der Waals surface area contributed by atoms with Gasteiger partial charge in [0.2, 0.25) is 0 Å². The summed E-state index contributed by atoms with van der Waals surface area (Å²) in [4.78, 5) is 0. The highest BCUT2D eigenvalue weighted by molar-refractivity contribution is 4.96. The number of hydrogen-bond donors (Lipinski definition) is 0. The maximum atomic E-state index is 3.98. The Morgan fingerprint density at radius 2 is 1.92 bits per heavy atom. The normalized spacial score (nSPS) is 24.8. The third kappa shape index (κ3) is 1.91. The van der Waals surface area contributed by atoms with Crippen molar-refractivity contribution in [3.63, 3.8) is 0 Å². The zero-order chi connectivity index (χ0) is 9.03. The molecule has 0 heterocycles. The van der Waals surface area contributed by atoms with Gasteiger partial charge < -0.3 is 0 Å². The summed E-state index contributed by atoms with van der Waals surface area (Å²) in [6, 6.07) is 0. The molecule has 0 aromatic heterocycles. The third-order valence-electron chi connectivity index (χ3n) is 3.77. The first-order chi connectivity index (χ1) is 5.73. The van der Waals surface area contributed by atoms with Crippen LogP contribution in [-0.4, -0.2) is 0 Å². The van der Waals surface area contributed by atoms with Gasteiger partial charge >= 0.3 is 0 Å². The van der Waals surface area contributed by atoms with E-state index in [1.807, 2.05) is 0 Å². The molecular weight excluding hydrogens is 144 g/mol. The zero-order valence-electron chi connectivity index (χ0n) is 8.60. The van der Waals surface area contributed by atoms with Crippen molar-refractivity contribution in [1.29, 1.82) is 0 Å². The van der Waals surface area contributed by atoms with Crippen LogP contribution in [0.5, 0.6) is 0 Å². The Morgan fingerprint density at radius 1 is 1.33 bits per heavy atom. The summed E-state index contributed by atoms with van der Waals surface area (Å²) in [7, 11) is 0. The molecule has 0 aliphatic heterocycles. The summed E-state index contributed by atoms with van der Waals surface area (Å²) in [6.07, 6.45) is 10.6. The van der Waals surface area contributed by atoms with E-state index < -0.39 is 0 Å². The van der Waals surface area contributed by atoms with Gasteiger partial charge in [-0.05, 0) is 30.6 Å². The van der Waals surface area contributed by atoms with E-state index >= 15 is 0 Å². The second kappa shape index (κ2) is 4.11. The van der Waals surface area contributed by atoms with Crippen LogP contribution >= 0.6 is 0 Å². The van der Waals surface area contributed by atoms with Gasteiger partial charge in [-0.2, -0.15) is 0 Å². The van der Waals surface area contributed by atoms with Crippen molar-refractivity contribution in [1.82, 2.24) is 0 Å². The van der Waals surface area contributed by atoms with Gasteiger partial charge in [-0.15, -0.1) is 6.58 Å². The summed E-state index contributed by atoms with van der Waals surface area (Å²) in [5.41, 5.74) is 0.417. The Hall–Kier alpha value is -0.260. The van der Waals surface area contributed by atoms with Crippen molar-refractivity contribution in [2.24, 2.45) is 11.3 Å². The second-order valence-corrected chi connectivity index (χ2v) is 4.40. The Labute approximate surface area is 77.1 Å². The van der Waals surface area contributed by atoms with E-state index in [4.69, 9.17) is 0 Å². The molecule has 70 valence electrons. The molecule has 0 saturated heterocycles. The Morgan fingerprint density at radius 3 is 2.33 bits per heavy atom. The quantitative estimate of drug-likeness (QED) is 0.552. The standard InChI is InChI=1S/C12H22/c1-4-12(3,5-2)11-9-7-6-8-10-11/h4,11H,1,5-10H2,2-3H3. The molecule has 0 amide bonds. The van der Waals surface area contributed by atoms with E-state index in [2.05, 4.69) is 26.5 Å². The highest BCUT2D eigenvalue weighted by Gasteiger charge is 2.30. The van der Waals surface area contributed by atoms with E-state index in [0.717, 1.165) is 5.92 Å². The van der Waals surface area contributed by atoms with Crippen molar-refractivity contribution in [2.45, 2.75) is 52.4 Å². The van der Waals surface area contributed by atoms with Gasteiger partial charge in [0, 0.05) is 0 Å². The Balaban J connectivity index is 2.57. The summed E-state index contributed by atoms with van der Waals surface area (Å²) in [6.45, 7) is 8.64. The van der Waals surface area contributed by atoms with Gasteiger partial charge in [0.1, 0.15) is 0 Å². The van der Waals surface area contributed by atoms with Crippen molar-refractivity contribution < 1.29 is 0 Å². The van der Waals surface area contributed by atoms with Crippen molar-refractivity contribution in [3.05, 3.63) is 12.7 Å². The predicted octanol–water partition coefficient (Wildman–Crippen LogP) is 4.17. The molecule has 0 spiro atoms. The molecule has 0 radical (unpaired) electrons. The predicted molar refractivity (Wildman–Crippen MR) is 55.2 cm³/mol. The molecule has 1 rings (SSSR count). The van der Waals surface area contributed by atoms with Crippen molar-refractivity contribution >= 4 is 0 Å². The molecule has 1 aliphatic carbocycles. The highest BCUT2D eigenvalue weighted by Crippen LogP contribution is 2.41. The lowest BCUT2D eigenvalue weighted by Gasteiger charge is -2.37. The molecule has 1 unspecified atom stereocenters. The zero-order valence-corrected chi connectivity index (χ0v) is 8.60. The van der Waals surface area contributed by atoms with Gasteiger partial charge in [-0.1, -0.05) is 39.2 Å². The SMILES string of the molecule is C=CC(C)(CC)C1CCCCC1. The fourth-order valence-electron chi connectivity index (χ4n) is 2.36. The first-order valence-electron chi connectivity index (χ1n) is 5.36. The minimum atomic E-state index is 0.417. The van der Waals surface area contributed by atoms with Gasteiger partial charge in [0.05, 0.1) is 0 Å². The molecule has 0 N–H and O–H groups in total. The van der Waals surface area contributed by atoms with Crippen LogP contribution in [0.25, 0.3) is 0 Å². The van der Waals surface area contributed by atoms with Gasteiger partial charge in [0.25, 0.3) is 0 Å². The molecule has 1 saturated carbocycles. The second-order valence-electron chi connectivity index (χ2n) is 4.40. The molecule has 1 fully saturated rings. The molecule has 0 heteroatoms. The first-order valence-corrected chi connectivity index (χ1v) is 5.36. The molecule has 1 atom stereocenters. The fourth-order valence-corrected chi connectivity index (χ4v) is 2.36. The highest BCUT2D eigenvalue weighted by atomic mass is 14.3. The summed E-state index contributed by atoms with van der Waals surface area (Å²) in [5, 5.41) is 0. The number of allylic oxidation sites excluding steroid dienone is 1. The van der Waals surface area contributed by atoms with Crippen LogP contribution in [0, 0.1) is 11.3 Å². The number of rotatable bonds is 3. The van der Waals surface area contributed by atoms with Crippen LogP contribution in [0.4, 0.5) is 0 Å². The van der Waals surface area contributed by atoms with Crippen LogP contribution in [0.2, 0.25) is 0 Å². The van der Waals surface area contributed by atoms with Crippen LogP contribution < -0.4 is 0 Å².